The summed E-state index contributed by atoms with van der Waals surface area (Å²) in [5.41, 5.74) is 0.611. The van der Waals surface area contributed by atoms with Crippen molar-refractivity contribution in [1.29, 1.82) is 0 Å². The molecule has 0 radical (unpaired) electrons. The monoisotopic (exact) mass is 195 g/mol. The number of carbonyl (C=O) groups is 1. The molecule has 0 aliphatic carbocycles. The van der Waals surface area contributed by atoms with E-state index in [1.807, 2.05) is 0 Å². The first-order chi connectivity index (χ1) is 6.75. The standard InChI is InChI=1S/C9H13N3O2/c1-8(14)12(4-5-13)9-6-10-2-3-11-7-9/h2,6-7,13H,3-5H2,1H3. The summed E-state index contributed by atoms with van der Waals surface area (Å²) >= 11 is 0. The zero-order valence-electron chi connectivity index (χ0n) is 8.05. The van der Waals surface area contributed by atoms with Gasteiger partial charge >= 0.3 is 0 Å². The molecule has 0 atom stereocenters. The maximum atomic E-state index is 11.2. The summed E-state index contributed by atoms with van der Waals surface area (Å²) in [5.74, 6) is -0.131. The number of rotatable bonds is 3. The Morgan fingerprint density at radius 2 is 2.50 bits per heavy atom. The van der Waals surface area contributed by atoms with E-state index >= 15 is 0 Å². The highest BCUT2D eigenvalue weighted by Crippen LogP contribution is 2.04. The molecule has 1 aliphatic rings. The van der Waals surface area contributed by atoms with E-state index in [9.17, 15) is 4.79 Å². The van der Waals surface area contributed by atoms with E-state index < -0.39 is 0 Å². The van der Waals surface area contributed by atoms with Gasteiger partial charge in [-0.25, -0.2) is 0 Å². The second-order valence-corrected chi connectivity index (χ2v) is 2.77. The maximum absolute atomic E-state index is 11.2. The molecule has 1 aliphatic heterocycles. The Morgan fingerprint density at radius 3 is 3.14 bits per heavy atom. The lowest BCUT2D eigenvalue weighted by Gasteiger charge is -2.19. The van der Waals surface area contributed by atoms with E-state index in [2.05, 4.69) is 9.98 Å². The third-order valence-corrected chi connectivity index (χ3v) is 1.74. The van der Waals surface area contributed by atoms with Gasteiger partial charge in [0.2, 0.25) is 5.91 Å². The van der Waals surface area contributed by atoms with Crippen molar-refractivity contribution in [2.24, 2.45) is 9.98 Å². The predicted molar refractivity (Wildman–Crippen MR) is 54.4 cm³/mol. The van der Waals surface area contributed by atoms with Crippen LogP contribution in [-0.2, 0) is 4.79 Å². The molecule has 1 amide bonds. The Balaban J connectivity index is 2.81. The van der Waals surface area contributed by atoms with Crippen molar-refractivity contribution in [1.82, 2.24) is 4.90 Å². The summed E-state index contributed by atoms with van der Waals surface area (Å²) in [6.45, 7) is 2.15. The molecule has 76 valence electrons. The van der Waals surface area contributed by atoms with Gasteiger partial charge in [0.15, 0.2) is 0 Å². The number of amides is 1. The molecule has 0 spiro atoms. The molecular weight excluding hydrogens is 182 g/mol. The quantitative estimate of drug-likeness (QED) is 0.679. The molecule has 0 fully saturated rings. The third kappa shape index (κ3) is 2.77. The molecule has 5 nitrogen and oxygen atoms in total. The molecule has 1 rings (SSSR count). The van der Waals surface area contributed by atoms with Crippen LogP contribution in [0.25, 0.3) is 0 Å². The number of allylic oxidation sites excluding steroid dienone is 1. The van der Waals surface area contributed by atoms with Crippen LogP contribution in [-0.4, -0.2) is 48.0 Å². The van der Waals surface area contributed by atoms with Gasteiger partial charge in [-0.2, -0.15) is 0 Å². The number of hydrogen-bond donors (Lipinski definition) is 1. The molecule has 0 bridgehead atoms. The fraction of sp³-hybridized carbons (Fsp3) is 0.444. The average molecular weight is 195 g/mol. The maximum Gasteiger partial charge on any atom is 0.224 e. The number of aliphatic imine (C=N–C) groups is 2. The normalized spacial score (nSPS) is 14.9. The van der Waals surface area contributed by atoms with Crippen molar-refractivity contribution >= 4 is 18.3 Å². The molecule has 1 N–H and O–H groups in total. The van der Waals surface area contributed by atoms with Crippen LogP contribution in [0.3, 0.4) is 0 Å². The van der Waals surface area contributed by atoms with Gasteiger partial charge in [-0.3, -0.25) is 14.8 Å². The fourth-order valence-electron chi connectivity index (χ4n) is 1.11. The first kappa shape index (κ1) is 10.6. The van der Waals surface area contributed by atoms with Crippen LogP contribution in [0.4, 0.5) is 0 Å². The summed E-state index contributed by atoms with van der Waals surface area (Å²) in [4.78, 5) is 20.6. The van der Waals surface area contributed by atoms with Gasteiger partial charge in [0, 0.05) is 25.9 Å². The van der Waals surface area contributed by atoms with Gasteiger partial charge < -0.3 is 10.0 Å². The lowest BCUT2D eigenvalue weighted by Crippen LogP contribution is -2.31. The van der Waals surface area contributed by atoms with Gasteiger partial charge in [-0.05, 0) is 0 Å². The minimum Gasteiger partial charge on any atom is -0.395 e. The average Bonchev–Trinajstić information content (AvgIpc) is 2.41. The van der Waals surface area contributed by atoms with E-state index in [1.54, 1.807) is 18.6 Å². The molecular formula is C9H13N3O2. The SMILES string of the molecule is CC(=O)N(CCO)C1=CN=CCN=C1. The van der Waals surface area contributed by atoms with Crippen LogP contribution in [0.5, 0.6) is 0 Å². The molecule has 5 heteroatoms. The molecule has 0 aromatic rings. The first-order valence-electron chi connectivity index (χ1n) is 4.36. The van der Waals surface area contributed by atoms with Crippen molar-refractivity contribution in [2.45, 2.75) is 6.92 Å². The van der Waals surface area contributed by atoms with Gasteiger partial charge in [0.25, 0.3) is 0 Å². The highest BCUT2D eigenvalue weighted by molar-refractivity contribution is 5.88. The van der Waals surface area contributed by atoms with Crippen LogP contribution in [0, 0.1) is 0 Å². The Kier molecular flexibility index (Phi) is 4.00. The predicted octanol–water partition coefficient (Wildman–Crippen LogP) is -0.176. The van der Waals surface area contributed by atoms with Crippen molar-refractivity contribution in [3.8, 4) is 0 Å². The Labute approximate surface area is 82.5 Å². The second kappa shape index (κ2) is 5.29. The van der Waals surface area contributed by atoms with E-state index in [4.69, 9.17) is 5.11 Å². The minimum atomic E-state index is -0.131. The Hall–Kier alpha value is -1.49. The van der Waals surface area contributed by atoms with Crippen molar-refractivity contribution in [3.05, 3.63) is 11.9 Å². The lowest BCUT2D eigenvalue weighted by atomic mass is 10.4. The number of aliphatic hydroxyl groups excluding tert-OH is 1. The van der Waals surface area contributed by atoms with Crippen LogP contribution < -0.4 is 0 Å². The van der Waals surface area contributed by atoms with Crippen LogP contribution in [0.2, 0.25) is 0 Å². The van der Waals surface area contributed by atoms with Crippen LogP contribution in [0.1, 0.15) is 6.92 Å². The zero-order chi connectivity index (χ0) is 10.4. The molecule has 14 heavy (non-hydrogen) atoms. The molecule has 0 aromatic carbocycles. The summed E-state index contributed by atoms with van der Waals surface area (Å²) in [6.07, 6.45) is 4.80. The summed E-state index contributed by atoms with van der Waals surface area (Å²) in [6, 6.07) is 0. The topological polar surface area (TPSA) is 65.3 Å². The van der Waals surface area contributed by atoms with E-state index in [1.165, 1.54) is 11.8 Å². The molecule has 1 heterocycles. The number of nitrogens with zero attached hydrogens (tertiary/aromatic N) is 3. The van der Waals surface area contributed by atoms with Gasteiger partial charge in [0.1, 0.15) is 0 Å². The smallest absolute Gasteiger partial charge is 0.224 e. The first-order valence-corrected chi connectivity index (χ1v) is 4.36. The molecule has 0 saturated heterocycles. The minimum absolute atomic E-state index is 0.0749. The Morgan fingerprint density at radius 1 is 1.71 bits per heavy atom. The lowest BCUT2D eigenvalue weighted by molar-refractivity contribution is -0.127. The Bertz CT molecular complexity index is 294. The highest BCUT2D eigenvalue weighted by Gasteiger charge is 2.12. The molecule has 0 aromatic heterocycles. The van der Waals surface area contributed by atoms with Gasteiger partial charge in [0.05, 0.1) is 25.0 Å². The largest absolute Gasteiger partial charge is 0.395 e. The number of carbonyl (C=O) groups excluding carboxylic acids is 1. The number of aliphatic hydroxyl groups is 1. The van der Waals surface area contributed by atoms with Gasteiger partial charge in [-0.1, -0.05) is 0 Å². The fourth-order valence-corrected chi connectivity index (χ4v) is 1.11. The summed E-state index contributed by atoms with van der Waals surface area (Å²) in [7, 11) is 0. The van der Waals surface area contributed by atoms with E-state index in [0.717, 1.165) is 0 Å². The van der Waals surface area contributed by atoms with Crippen molar-refractivity contribution < 1.29 is 9.90 Å². The van der Waals surface area contributed by atoms with E-state index in [0.29, 0.717) is 12.2 Å². The van der Waals surface area contributed by atoms with E-state index in [-0.39, 0.29) is 19.1 Å². The van der Waals surface area contributed by atoms with Gasteiger partial charge in [-0.15, -0.1) is 0 Å². The molecule has 0 saturated carbocycles. The van der Waals surface area contributed by atoms with Crippen LogP contribution in [0.15, 0.2) is 21.9 Å². The molecule has 0 unspecified atom stereocenters. The third-order valence-electron chi connectivity index (χ3n) is 1.74. The highest BCUT2D eigenvalue weighted by atomic mass is 16.3. The number of hydrogen-bond acceptors (Lipinski definition) is 4. The van der Waals surface area contributed by atoms with Crippen LogP contribution >= 0.6 is 0 Å². The van der Waals surface area contributed by atoms with Crippen molar-refractivity contribution in [2.75, 3.05) is 19.7 Å². The zero-order valence-corrected chi connectivity index (χ0v) is 8.05. The second-order valence-electron chi connectivity index (χ2n) is 2.77. The summed E-state index contributed by atoms with van der Waals surface area (Å²) in [5, 5.41) is 8.78. The van der Waals surface area contributed by atoms with Crippen molar-refractivity contribution in [3.63, 3.8) is 0 Å². The summed E-state index contributed by atoms with van der Waals surface area (Å²) < 4.78 is 0.